The first-order valence-electron chi connectivity index (χ1n) is 8.33. The summed E-state index contributed by atoms with van der Waals surface area (Å²) in [6, 6.07) is 5.24. The summed E-state index contributed by atoms with van der Waals surface area (Å²) in [7, 11) is 1.29. The number of aliphatic imine (C=N–C) groups is 1. The van der Waals surface area contributed by atoms with Gasteiger partial charge in [0.25, 0.3) is 0 Å². The van der Waals surface area contributed by atoms with Crippen molar-refractivity contribution in [3.63, 3.8) is 0 Å². The van der Waals surface area contributed by atoms with Crippen LogP contribution in [0.1, 0.15) is 25.3 Å². The van der Waals surface area contributed by atoms with E-state index in [4.69, 9.17) is 25.7 Å². The van der Waals surface area contributed by atoms with E-state index in [0.29, 0.717) is 28.0 Å². The molecule has 0 saturated carbocycles. The number of benzene rings is 1. The summed E-state index contributed by atoms with van der Waals surface area (Å²) < 4.78 is 15.0. The van der Waals surface area contributed by atoms with Crippen molar-refractivity contribution in [3.05, 3.63) is 35.0 Å². The molecule has 1 aromatic heterocycles. The topological polar surface area (TPSA) is 104 Å². The van der Waals surface area contributed by atoms with Crippen LogP contribution in [0.25, 0.3) is 11.0 Å². The third-order valence-electron chi connectivity index (χ3n) is 4.45. The predicted octanol–water partition coefficient (Wildman–Crippen LogP) is 2.63. The third kappa shape index (κ3) is 3.32. The highest BCUT2D eigenvalue weighted by Crippen LogP contribution is 2.42. The van der Waals surface area contributed by atoms with Crippen molar-refractivity contribution >= 4 is 40.3 Å². The van der Waals surface area contributed by atoms with Crippen molar-refractivity contribution in [1.82, 2.24) is 10.3 Å². The second kappa shape index (κ2) is 7.87. The molecule has 8 nitrogen and oxygen atoms in total. The Morgan fingerprint density at radius 3 is 2.74 bits per heavy atom. The third-order valence-corrected chi connectivity index (χ3v) is 4.70. The molecule has 2 aromatic rings. The number of hydrogen-bond donors (Lipinski definition) is 0. The number of aromatic nitrogens is 2. The summed E-state index contributed by atoms with van der Waals surface area (Å²) in [5.41, 5.74) is 2.59. The molecule has 0 radical (unpaired) electrons. The monoisotopic (exact) mass is 391 g/mol. The van der Waals surface area contributed by atoms with Crippen LogP contribution in [0, 0.1) is 5.92 Å². The average molecular weight is 392 g/mol. The van der Waals surface area contributed by atoms with E-state index < -0.39 is 23.8 Å². The van der Waals surface area contributed by atoms with Crippen molar-refractivity contribution in [2.24, 2.45) is 10.9 Å². The number of halogens is 1. The number of carbonyl (C=O) groups excluding carboxylic acids is 2. The zero-order valence-corrected chi connectivity index (χ0v) is 15.8. The molecule has 1 aliphatic heterocycles. The van der Waals surface area contributed by atoms with Crippen LogP contribution in [0.4, 0.5) is 0 Å². The van der Waals surface area contributed by atoms with Gasteiger partial charge in [-0.25, -0.2) is 9.42 Å². The van der Waals surface area contributed by atoms with Gasteiger partial charge in [0.1, 0.15) is 17.0 Å². The first-order valence-corrected chi connectivity index (χ1v) is 8.87. The molecule has 142 valence electrons. The summed E-state index contributed by atoms with van der Waals surface area (Å²) in [5, 5.41) is 7.78. The molecule has 27 heavy (non-hydrogen) atoms. The molecule has 2 heterocycles. The lowest BCUT2D eigenvalue weighted by Gasteiger charge is -2.31. The van der Waals surface area contributed by atoms with Crippen LogP contribution in [0.3, 0.4) is 0 Å². The van der Waals surface area contributed by atoms with E-state index in [-0.39, 0.29) is 18.1 Å². The number of methoxy groups -OCH3 is 1. The number of ether oxygens (including phenoxy) is 2. The Labute approximate surface area is 160 Å². The standard InChI is InChI=1S/C18H18ClN3O5/c1-4-26-18(24)15-12(8-19)20-9(2)13(17(23)25-3)14(15)10-6-5-7-11-16(10)22-27-21-11/h5-7,13-14H,4,8H2,1-3H3. The maximum Gasteiger partial charge on any atom is 0.336 e. The van der Waals surface area contributed by atoms with Crippen LogP contribution in [0.2, 0.25) is 0 Å². The smallest absolute Gasteiger partial charge is 0.336 e. The normalized spacial score (nSPS) is 19.8. The van der Waals surface area contributed by atoms with Crippen molar-refractivity contribution in [2.45, 2.75) is 19.8 Å². The largest absolute Gasteiger partial charge is 0.468 e. The van der Waals surface area contributed by atoms with E-state index in [9.17, 15) is 9.59 Å². The number of allylic oxidation sites excluding steroid dienone is 1. The van der Waals surface area contributed by atoms with E-state index in [1.54, 1.807) is 32.0 Å². The number of fused-ring (bicyclic) bond motifs is 1. The SMILES string of the molecule is CCOC(=O)C1=C(CCl)N=C(C)C(C(=O)OC)C1c1cccc2nonc12. The zero-order chi connectivity index (χ0) is 19.6. The molecule has 0 aliphatic carbocycles. The highest BCUT2D eigenvalue weighted by molar-refractivity contribution is 6.20. The molecule has 1 aliphatic rings. The van der Waals surface area contributed by atoms with Gasteiger partial charge in [0.05, 0.1) is 30.9 Å². The van der Waals surface area contributed by atoms with Gasteiger partial charge in [0.15, 0.2) is 0 Å². The number of carbonyl (C=O) groups is 2. The van der Waals surface area contributed by atoms with Crippen molar-refractivity contribution in [1.29, 1.82) is 0 Å². The maximum atomic E-state index is 12.8. The summed E-state index contributed by atoms with van der Waals surface area (Å²) in [6.07, 6.45) is 0. The van der Waals surface area contributed by atoms with Crippen LogP contribution in [-0.4, -0.2) is 47.6 Å². The first-order chi connectivity index (χ1) is 13.0. The predicted molar refractivity (Wildman–Crippen MR) is 97.5 cm³/mol. The van der Waals surface area contributed by atoms with Crippen LogP contribution in [-0.2, 0) is 19.1 Å². The average Bonchev–Trinajstić information content (AvgIpc) is 3.15. The van der Waals surface area contributed by atoms with E-state index in [2.05, 4.69) is 15.3 Å². The first kappa shape index (κ1) is 19.0. The fourth-order valence-corrected chi connectivity index (χ4v) is 3.54. The Hall–Kier alpha value is -2.74. The van der Waals surface area contributed by atoms with Gasteiger partial charge in [0, 0.05) is 11.6 Å². The van der Waals surface area contributed by atoms with E-state index in [1.165, 1.54) is 7.11 Å². The van der Waals surface area contributed by atoms with Gasteiger partial charge in [-0.2, -0.15) is 0 Å². The summed E-state index contributed by atoms with van der Waals surface area (Å²) in [4.78, 5) is 29.7. The van der Waals surface area contributed by atoms with Gasteiger partial charge >= 0.3 is 11.9 Å². The lowest BCUT2D eigenvalue weighted by atomic mass is 9.75. The molecule has 2 unspecified atom stereocenters. The van der Waals surface area contributed by atoms with E-state index in [0.717, 1.165) is 0 Å². The lowest BCUT2D eigenvalue weighted by Crippen LogP contribution is -2.36. The van der Waals surface area contributed by atoms with Crippen molar-refractivity contribution in [3.8, 4) is 0 Å². The van der Waals surface area contributed by atoms with Crippen LogP contribution in [0.15, 0.2) is 39.1 Å². The van der Waals surface area contributed by atoms with E-state index >= 15 is 0 Å². The van der Waals surface area contributed by atoms with Crippen molar-refractivity contribution < 1.29 is 23.7 Å². The highest BCUT2D eigenvalue weighted by atomic mass is 35.5. The summed E-state index contributed by atoms with van der Waals surface area (Å²) in [5.74, 6) is -2.69. The Kier molecular flexibility index (Phi) is 5.55. The van der Waals surface area contributed by atoms with Gasteiger partial charge < -0.3 is 9.47 Å². The summed E-state index contributed by atoms with van der Waals surface area (Å²) in [6.45, 7) is 3.57. The molecule has 0 saturated heterocycles. The van der Waals surface area contributed by atoms with Crippen LogP contribution >= 0.6 is 11.6 Å². The van der Waals surface area contributed by atoms with Gasteiger partial charge in [-0.3, -0.25) is 9.79 Å². The molecule has 3 rings (SSSR count). The van der Waals surface area contributed by atoms with Gasteiger partial charge in [0.2, 0.25) is 0 Å². The number of alkyl halides is 1. The minimum absolute atomic E-state index is 0.0110. The molecule has 2 atom stereocenters. The molecule has 0 amide bonds. The van der Waals surface area contributed by atoms with Gasteiger partial charge in [-0.15, -0.1) is 11.6 Å². The highest BCUT2D eigenvalue weighted by Gasteiger charge is 2.43. The van der Waals surface area contributed by atoms with Crippen LogP contribution < -0.4 is 0 Å². The quantitative estimate of drug-likeness (QED) is 0.570. The fraction of sp³-hybridized carbons (Fsp3) is 0.389. The van der Waals surface area contributed by atoms with Crippen LogP contribution in [0.5, 0.6) is 0 Å². The second-order valence-electron chi connectivity index (χ2n) is 5.93. The minimum Gasteiger partial charge on any atom is -0.468 e. The maximum absolute atomic E-state index is 12.8. The van der Waals surface area contributed by atoms with Gasteiger partial charge in [-0.1, -0.05) is 12.1 Å². The number of esters is 2. The Morgan fingerprint density at radius 1 is 1.30 bits per heavy atom. The Bertz CT molecular complexity index is 949. The molecule has 0 spiro atoms. The molecule has 0 fully saturated rings. The number of rotatable bonds is 5. The van der Waals surface area contributed by atoms with Crippen molar-refractivity contribution in [2.75, 3.05) is 19.6 Å². The van der Waals surface area contributed by atoms with E-state index in [1.807, 2.05) is 0 Å². The molecule has 9 heteroatoms. The zero-order valence-electron chi connectivity index (χ0n) is 15.1. The summed E-state index contributed by atoms with van der Waals surface area (Å²) >= 11 is 6.06. The molecular weight excluding hydrogens is 374 g/mol. The Balaban J connectivity index is 2.29. The number of nitrogens with zero attached hydrogens (tertiary/aromatic N) is 3. The molecule has 1 aromatic carbocycles. The Morgan fingerprint density at radius 2 is 2.07 bits per heavy atom. The number of hydrogen-bond acceptors (Lipinski definition) is 8. The van der Waals surface area contributed by atoms with Gasteiger partial charge in [-0.05, 0) is 35.8 Å². The molecule has 0 bridgehead atoms. The lowest BCUT2D eigenvalue weighted by molar-refractivity contribution is -0.144. The second-order valence-corrected chi connectivity index (χ2v) is 6.19. The molecule has 0 N–H and O–H groups in total. The molecular formula is C18H18ClN3O5. The minimum atomic E-state index is -0.830. The fourth-order valence-electron chi connectivity index (χ4n) is 3.33.